The van der Waals surface area contributed by atoms with Gasteiger partial charge in [0.2, 0.25) is 0 Å². The maximum absolute atomic E-state index is 11.9. The number of aromatic hydroxyl groups is 2. The summed E-state index contributed by atoms with van der Waals surface area (Å²) in [6.45, 7) is 0.443. The van der Waals surface area contributed by atoms with Gasteiger partial charge in [-0.15, -0.1) is 0 Å². The van der Waals surface area contributed by atoms with Crippen molar-refractivity contribution in [3.63, 3.8) is 0 Å². The summed E-state index contributed by atoms with van der Waals surface area (Å²) >= 11 is 0. The number of hydrogen-bond donors (Lipinski definition) is 3. The molecule has 5 nitrogen and oxygen atoms in total. The summed E-state index contributed by atoms with van der Waals surface area (Å²) in [4.78, 5) is 11.9. The SMILES string of the molecule is COC1(CNC(=O)c2cc(O)cc(O)c2)CCC1. The summed E-state index contributed by atoms with van der Waals surface area (Å²) in [6.07, 6.45) is 2.99. The fourth-order valence-corrected chi connectivity index (χ4v) is 2.09. The van der Waals surface area contributed by atoms with Gasteiger partial charge >= 0.3 is 0 Å². The molecule has 18 heavy (non-hydrogen) atoms. The van der Waals surface area contributed by atoms with Crippen LogP contribution in [0.25, 0.3) is 0 Å². The van der Waals surface area contributed by atoms with E-state index in [9.17, 15) is 15.0 Å². The number of methoxy groups -OCH3 is 1. The second kappa shape index (κ2) is 4.86. The molecule has 1 amide bonds. The fraction of sp³-hybridized carbons (Fsp3) is 0.462. The lowest BCUT2D eigenvalue weighted by atomic mass is 9.80. The van der Waals surface area contributed by atoms with Crippen LogP contribution < -0.4 is 5.32 Å². The van der Waals surface area contributed by atoms with Crippen molar-refractivity contribution in [3.8, 4) is 11.5 Å². The largest absolute Gasteiger partial charge is 0.508 e. The molecule has 2 rings (SSSR count). The highest BCUT2D eigenvalue weighted by atomic mass is 16.5. The van der Waals surface area contributed by atoms with Crippen LogP contribution in [0.1, 0.15) is 29.6 Å². The van der Waals surface area contributed by atoms with Gasteiger partial charge in [0.25, 0.3) is 5.91 Å². The van der Waals surface area contributed by atoms with Gasteiger partial charge in [-0.05, 0) is 31.4 Å². The number of benzene rings is 1. The number of carbonyl (C=O) groups is 1. The minimum Gasteiger partial charge on any atom is -0.508 e. The molecule has 0 atom stereocenters. The van der Waals surface area contributed by atoms with Crippen LogP contribution in [0.2, 0.25) is 0 Å². The molecule has 0 aliphatic heterocycles. The van der Waals surface area contributed by atoms with Gasteiger partial charge in [0.1, 0.15) is 11.5 Å². The average molecular weight is 251 g/mol. The summed E-state index contributed by atoms with van der Waals surface area (Å²) in [6, 6.07) is 3.81. The summed E-state index contributed by atoms with van der Waals surface area (Å²) < 4.78 is 5.39. The van der Waals surface area contributed by atoms with Gasteiger partial charge in [-0.1, -0.05) is 0 Å². The normalized spacial score (nSPS) is 16.9. The third kappa shape index (κ3) is 2.56. The summed E-state index contributed by atoms with van der Waals surface area (Å²) in [5, 5.41) is 21.4. The van der Waals surface area contributed by atoms with Crippen molar-refractivity contribution in [1.29, 1.82) is 0 Å². The number of phenolic OH excluding ortho intramolecular Hbond substituents is 2. The monoisotopic (exact) mass is 251 g/mol. The Balaban J connectivity index is 1.99. The van der Waals surface area contributed by atoms with E-state index in [1.165, 1.54) is 18.2 Å². The summed E-state index contributed by atoms with van der Waals surface area (Å²) in [5.74, 6) is -0.597. The van der Waals surface area contributed by atoms with Crippen LogP contribution in [0.5, 0.6) is 11.5 Å². The number of ether oxygens (including phenoxy) is 1. The minimum atomic E-state index is -0.329. The number of nitrogens with one attached hydrogen (secondary N) is 1. The first-order valence-electron chi connectivity index (χ1n) is 5.91. The lowest BCUT2D eigenvalue weighted by Crippen LogP contribution is -2.49. The van der Waals surface area contributed by atoms with Crippen molar-refractivity contribution in [2.75, 3.05) is 13.7 Å². The van der Waals surface area contributed by atoms with Crippen molar-refractivity contribution in [1.82, 2.24) is 5.32 Å². The van der Waals surface area contributed by atoms with E-state index in [1.54, 1.807) is 7.11 Å². The van der Waals surface area contributed by atoms with E-state index in [0.29, 0.717) is 6.54 Å². The molecule has 1 aliphatic carbocycles. The maximum atomic E-state index is 11.9. The van der Waals surface area contributed by atoms with Gasteiger partial charge in [0.05, 0.1) is 5.60 Å². The van der Waals surface area contributed by atoms with E-state index in [2.05, 4.69) is 5.32 Å². The predicted octanol–water partition coefficient (Wildman–Crippen LogP) is 1.40. The van der Waals surface area contributed by atoms with Gasteiger partial charge in [-0.2, -0.15) is 0 Å². The molecule has 0 radical (unpaired) electrons. The van der Waals surface area contributed by atoms with Crippen molar-refractivity contribution < 1.29 is 19.7 Å². The smallest absolute Gasteiger partial charge is 0.251 e. The molecular weight excluding hydrogens is 234 g/mol. The van der Waals surface area contributed by atoms with Crippen molar-refractivity contribution in [3.05, 3.63) is 23.8 Å². The van der Waals surface area contributed by atoms with Crippen LogP contribution in [-0.2, 0) is 4.74 Å². The predicted molar refractivity (Wildman–Crippen MR) is 65.7 cm³/mol. The fourth-order valence-electron chi connectivity index (χ4n) is 2.09. The quantitative estimate of drug-likeness (QED) is 0.755. The van der Waals surface area contributed by atoms with Crippen molar-refractivity contribution >= 4 is 5.91 Å². The number of carbonyl (C=O) groups excluding carboxylic acids is 1. The first-order valence-corrected chi connectivity index (χ1v) is 5.91. The molecule has 0 unspecified atom stereocenters. The molecule has 98 valence electrons. The lowest BCUT2D eigenvalue weighted by Gasteiger charge is -2.40. The number of amides is 1. The Kier molecular flexibility index (Phi) is 3.43. The zero-order valence-corrected chi connectivity index (χ0v) is 10.3. The van der Waals surface area contributed by atoms with E-state index in [0.717, 1.165) is 19.3 Å². The van der Waals surface area contributed by atoms with E-state index >= 15 is 0 Å². The Morgan fingerprint density at radius 2 is 1.94 bits per heavy atom. The number of hydrogen-bond acceptors (Lipinski definition) is 4. The molecule has 0 heterocycles. The Hall–Kier alpha value is -1.75. The average Bonchev–Trinajstić information content (AvgIpc) is 2.26. The van der Waals surface area contributed by atoms with Crippen molar-refractivity contribution in [2.24, 2.45) is 0 Å². The summed E-state index contributed by atoms with van der Waals surface area (Å²) in [7, 11) is 1.64. The van der Waals surface area contributed by atoms with Crippen molar-refractivity contribution in [2.45, 2.75) is 24.9 Å². The molecule has 1 aromatic carbocycles. The maximum Gasteiger partial charge on any atom is 0.251 e. The lowest BCUT2D eigenvalue weighted by molar-refractivity contribution is -0.0679. The van der Waals surface area contributed by atoms with Crippen LogP contribution in [0, 0.1) is 0 Å². The Morgan fingerprint density at radius 3 is 2.39 bits per heavy atom. The van der Waals surface area contributed by atoms with Gasteiger partial charge in [-0.3, -0.25) is 4.79 Å². The molecule has 1 fully saturated rings. The highest BCUT2D eigenvalue weighted by Gasteiger charge is 2.37. The van der Waals surface area contributed by atoms with Gasteiger partial charge < -0.3 is 20.3 Å². The topological polar surface area (TPSA) is 78.8 Å². The van der Waals surface area contributed by atoms with Crippen LogP contribution in [0.15, 0.2) is 18.2 Å². The third-order valence-electron chi connectivity index (χ3n) is 3.43. The molecule has 1 aliphatic rings. The Labute approximate surface area is 105 Å². The zero-order chi connectivity index (χ0) is 13.2. The molecule has 3 N–H and O–H groups in total. The van der Waals surface area contributed by atoms with E-state index in [1.807, 2.05) is 0 Å². The highest BCUT2D eigenvalue weighted by Crippen LogP contribution is 2.34. The summed E-state index contributed by atoms with van der Waals surface area (Å²) in [5.41, 5.74) is -0.00721. The number of phenols is 2. The molecule has 0 aromatic heterocycles. The van der Waals surface area contributed by atoms with E-state index in [4.69, 9.17) is 4.74 Å². The van der Waals surface area contributed by atoms with Crippen LogP contribution in [0.4, 0.5) is 0 Å². The third-order valence-corrected chi connectivity index (χ3v) is 3.43. The molecule has 0 spiro atoms. The molecule has 1 saturated carbocycles. The van der Waals surface area contributed by atoms with Crippen LogP contribution in [0.3, 0.4) is 0 Å². The second-order valence-electron chi connectivity index (χ2n) is 4.66. The Morgan fingerprint density at radius 1 is 1.33 bits per heavy atom. The minimum absolute atomic E-state index is 0.134. The van der Waals surface area contributed by atoms with E-state index in [-0.39, 0.29) is 28.6 Å². The molecule has 0 bridgehead atoms. The second-order valence-corrected chi connectivity index (χ2v) is 4.66. The molecular formula is C13H17NO4. The van der Waals surface area contributed by atoms with E-state index < -0.39 is 0 Å². The molecule has 5 heteroatoms. The van der Waals surface area contributed by atoms with Crippen LogP contribution in [-0.4, -0.2) is 35.4 Å². The zero-order valence-electron chi connectivity index (χ0n) is 10.3. The van der Waals surface area contributed by atoms with Gasteiger partial charge in [0, 0.05) is 25.3 Å². The van der Waals surface area contributed by atoms with Gasteiger partial charge in [-0.25, -0.2) is 0 Å². The Bertz CT molecular complexity index is 429. The standard InChI is InChI=1S/C13H17NO4/c1-18-13(3-2-4-13)8-14-12(17)9-5-10(15)7-11(16)6-9/h5-7,15-16H,2-4,8H2,1H3,(H,14,17). The first kappa shape index (κ1) is 12.7. The first-order chi connectivity index (χ1) is 8.54. The molecule has 1 aromatic rings. The number of rotatable bonds is 4. The molecule has 0 saturated heterocycles. The van der Waals surface area contributed by atoms with Gasteiger partial charge in [0.15, 0.2) is 0 Å². The van der Waals surface area contributed by atoms with Crippen LogP contribution >= 0.6 is 0 Å². The highest BCUT2D eigenvalue weighted by molar-refractivity contribution is 5.95.